The van der Waals surface area contributed by atoms with E-state index in [1.54, 1.807) is 12.1 Å². The number of carbonyl (C=O) groups is 2. The monoisotopic (exact) mass is 366 g/mol. The molecule has 2 aliphatic heterocycles. The van der Waals surface area contributed by atoms with Crippen LogP contribution in [-0.4, -0.2) is 47.3 Å². The molecule has 2 atom stereocenters. The maximum absolute atomic E-state index is 14.5. The minimum Gasteiger partial charge on any atom is -0.616 e. The Morgan fingerprint density at radius 2 is 2.32 bits per heavy atom. The fourth-order valence-corrected chi connectivity index (χ4v) is 3.88. The summed E-state index contributed by atoms with van der Waals surface area (Å²) in [5.41, 5.74) is 1.73. The topological polar surface area (TPSA) is 81.7 Å². The molecule has 0 bridgehead atoms. The molecule has 0 aliphatic carbocycles. The second kappa shape index (κ2) is 7.45. The lowest BCUT2D eigenvalue weighted by Crippen LogP contribution is -2.33. The van der Waals surface area contributed by atoms with Crippen molar-refractivity contribution in [2.75, 3.05) is 29.5 Å². The molecule has 6 nitrogen and oxygen atoms in total. The van der Waals surface area contributed by atoms with E-state index in [9.17, 15) is 18.5 Å². The Labute approximate surface area is 148 Å². The summed E-state index contributed by atoms with van der Waals surface area (Å²) in [6, 6.07) is 4.62. The zero-order valence-electron chi connectivity index (χ0n) is 13.8. The van der Waals surface area contributed by atoms with Gasteiger partial charge in [0.2, 0.25) is 5.91 Å². The van der Waals surface area contributed by atoms with E-state index in [1.807, 2.05) is 6.08 Å². The van der Waals surface area contributed by atoms with Crippen molar-refractivity contribution in [1.29, 1.82) is 0 Å². The molecule has 0 spiro atoms. The molecule has 2 aliphatic rings. The predicted octanol–water partition coefficient (Wildman–Crippen LogP) is 1.82. The number of carbonyl (C=O) groups excluding carboxylic acids is 2. The Kier molecular flexibility index (Phi) is 5.29. The van der Waals surface area contributed by atoms with E-state index in [1.165, 1.54) is 17.9 Å². The van der Waals surface area contributed by atoms with Crippen LogP contribution >= 0.6 is 0 Å². The summed E-state index contributed by atoms with van der Waals surface area (Å²) < 4.78 is 31.1. The average Bonchev–Trinajstić information content (AvgIpc) is 2.95. The maximum atomic E-state index is 14.5. The van der Waals surface area contributed by atoms with Crippen molar-refractivity contribution in [2.24, 2.45) is 0 Å². The third-order valence-corrected chi connectivity index (χ3v) is 5.38. The van der Waals surface area contributed by atoms with E-state index in [-0.39, 0.29) is 19.0 Å². The van der Waals surface area contributed by atoms with Gasteiger partial charge in [-0.05, 0) is 41.0 Å². The van der Waals surface area contributed by atoms with Crippen LogP contribution < -0.4 is 10.2 Å². The summed E-state index contributed by atoms with van der Waals surface area (Å²) in [6.07, 6.45) is 1.36. The molecule has 134 valence electrons. The number of allylic oxidation sites excluding steroid dienone is 1. The van der Waals surface area contributed by atoms with Crippen molar-refractivity contribution < 1.29 is 23.3 Å². The van der Waals surface area contributed by atoms with Gasteiger partial charge in [0, 0.05) is 18.9 Å². The third kappa shape index (κ3) is 4.13. The van der Waals surface area contributed by atoms with E-state index in [0.29, 0.717) is 29.2 Å². The lowest BCUT2D eigenvalue weighted by Gasteiger charge is -2.19. The van der Waals surface area contributed by atoms with Gasteiger partial charge in [-0.1, -0.05) is 0 Å². The molecule has 3 rings (SSSR count). The van der Waals surface area contributed by atoms with Crippen molar-refractivity contribution in [3.05, 3.63) is 35.7 Å². The molecular weight excluding hydrogens is 347 g/mol. The molecule has 0 saturated carbocycles. The number of ether oxygens (including phenoxy) is 1. The fourth-order valence-electron chi connectivity index (χ4n) is 2.88. The van der Waals surface area contributed by atoms with Gasteiger partial charge < -0.3 is 14.6 Å². The van der Waals surface area contributed by atoms with Crippen molar-refractivity contribution in [2.45, 2.75) is 19.4 Å². The summed E-state index contributed by atoms with van der Waals surface area (Å²) in [7, 11) is 0. The number of benzene rings is 1. The number of hydrogen-bond donors (Lipinski definition) is 1. The highest BCUT2D eigenvalue weighted by Gasteiger charge is 2.32. The van der Waals surface area contributed by atoms with Crippen molar-refractivity contribution in [3.63, 3.8) is 0 Å². The van der Waals surface area contributed by atoms with Gasteiger partial charge >= 0.3 is 6.09 Å². The number of anilines is 1. The molecule has 1 saturated heterocycles. The highest BCUT2D eigenvalue weighted by atomic mass is 32.2. The van der Waals surface area contributed by atoms with Gasteiger partial charge in [-0.2, -0.15) is 0 Å². The van der Waals surface area contributed by atoms with Crippen molar-refractivity contribution in [1.82, 2.24) is 5.32 Å². The van der Waals surface area contributed by atoms with Gasteiger partial charge in [-0.25, -0.2) is 9.18 Å². The Hall–Kier alpha value is -2.06. The van der Waals surface area contributed by atoms with Crippen LogP contribution in [0.2, 0.25) is 0 Å². The summed E-state index contributed by atoms with van der Waals surface area (Å²) in [5.74, 6) is 0.358. The zero-order valence-corrected chi connectivity index (χ0v) is 14.6. The highest BCUT2D eigenvalue weighted by Crippen LogP contribution is 2.30. The van der Waals surface area contributed by atoms with E-state index in [0.717, 1.165) is 5.57 Å². The number of nitrogens with zero attached hydrogens (tertiary/aromatic N) is 1. The Morgan fingerprint density at radius 1 is 1.52 bits per heavy atom. The zero-order chi connectivity index (χ0) is 18.0. The Morgan fingerprint density at radius 3 is 2.96 bits per heavy atom. The molecule has 1 fully saturated rings. The normalized spacial score (nSPS) is 23.2. The minimum absolute atomic E-state index is 0.202. The van der Waals surface area contributed by atoms with E-state index in [2.05, 4.69) is 5.32 Å². The van der Waals surface area contributed by atoms with Gasteiger partial charge in [0.1, 0.15) is 23.4 Å². The number of halogens is 1. The Bertz CT molecular complexity index is 725. The quantitative estimate of drug-likeness (QED) is 0.824. The van der Waals surface area contributed by atoms with Gasteiger partial charge in [0.25, 0.3) is 0 Å². The maximum Gasteiger partial charge on any atom is 0.414 e. The summed E-state index contributed by atoms with van der Waals surface area (Å²) in [6.45, 7) is 1.86. The summed E-state index contributed by atoms with van der Waals surface area (Å²) >= 11 is -0.860. The van der Waals surface area contributed by atoms with E-state index < -0.39 is 29.2 Å². The fraction of sp³-hybridized carbons (Fsp3) is 0.412. The second-order valence-electron chi connectivity index (χ2n) is 6.01. The number of rotatable bonds is 4. The lowest BCUT2D eigenvalue weighted by molar-refractivity contribution is -0.119. The lowest BCUT2D eigenvalue weighted by atomic mass is 10.0. The molecule has 25 heavy (non-hydrogen) atoms. The number of cyclic esters (lactones) is 1. The smallest absolute Gasteiger partial charge is 0.414 e. The van der Waals surface area contributed by atoms with Crippen LogP contribution in [0, 0.1) is 5.82 Å². The molecule has 1 aromatic rings. The highest BCUT2D eigenvalue weighted by molar-refractivity contribution is 7.91. The largest absolute Gasteiger partial charge is 0.616 e. The van der Waals surface area contributed by atoms with Crippen LogP contribution in [0.25, 0.3) is 5.57 Å². The molecule has 0 aromatic heterocycles. The molecule has 8 heteroatoms. The molecular formula is C17H19FN2O4S. The number of amides is 2. The van der Waals surface area contributed by atoms with Crippen LogP contribution in [0.15, 0.2) is 24.3 Å². The molecule has 1 unspecified atom stereocenters. The van der Waals surface area contributed by atoms with Crippen LogP contribution in [0.1, 0.15) is 18.9 Å². The third-order valence-electron chi connectivity index (χ3n) is 4.18. The Balaban J connectivity index is 1.72. The standard InChI is InChI=1S/C17H19FN2O4S/c1-11(21)19-9-14-10-20(17(22)24-14)13-2-3-15(16(18)8-13)12-4-6-25(23)7-5-12/h2-4,8,14H,5-7,9-10H2,1H3,(H,19,21)/t14-,25?/m0/s1. The molecule has 1 N–H and O–H groups in total. The number of nitrogens with one attached hydrogen (secondary N) is 1. The minimum atomic E-state index is -0.860. The molecule has 2 amide bonds. The van der Waals surface area contributed by atoms with Crippen LogP contribution in [0.4, 0.5) is 14.9 Å². The van der Waals surface area contributed by atoms with Crippen LogP contribution in [0.3, 0.4) is 0 Å². The predicted molar refractivity (Wildman–Crippen MR) is 93.2 cm³/mol. The molecule has 1 aromatic carbocycles. The summed E-state index contributed by atoms with van der Waals surface area (Å²) in [5, 5.41) is 2.60. The number of hydrogen-bond acceptors (Lipinski definition) is 4. The molecule has 0 radical (unpaired) electrons. The summed E-state index contributed by atoms with van der Waals surface area (Å²) in [4.78, 5) is 24.3. The first-order valence-electron chi connectivity index (χ1n) is 8.00. The van der Waals surface area contributed by atoms with Crippen LogP contribution in [-0.2, 0) is 20.7 Å². The van der Waals surface area contributed by atoms with Crippen LogP contribution in [0.5, 0.6) is 0 Å². The van der Waals surface area contributed by atoms with Crippen molar-refractivity contribution in [3.8, 4) is 0 Å². The first-order chi connectivity index (χ1) is 11.9. The van der Waals surface area contributed by atoms with Gasteiger partial charge in [0.05, 0.1) is 18.8 Å². The van der Waals surface area contributed by atoms with E-state index in [4.69, 9.17) is 4.74 Å². The molecule has 2 heterocycles. The van der Waals surface area contributed by atoms with Gasteiger partial charge in [0.15, 0.2) is 0 Å². The first-order valence-corrected chi connectivity index (χ1v) is 9.49. The first kappa shape index (κ1) is 17.8. The van der Waals surface area contributed by atoms with Gasteiger partial charge in [-0.3, -0.25) is 9.69 Å². The van der Waals surface area contributed by atoms with E-state index >= 15 is 0 Å². The van der Waals surface area contributed by atoms with Crippen molar-refractivity contribution >= 4 is 34.4 Å². The average molecular weight is 366 g/mol. The second-order valence-corrected chi connectivity index (χ2v) is 7.63. The van der Waals surface area contributed by atoms with Gasteiger partial charge in [-0.15, -0.1) is 0 Å². The SMILES string of the molecule is CC(=O)NC[C@H]1CN(c2ccc(C3=CC[S+]([O-])CC3)c(F)c2)C(=O)O1.